The van der Waals surface area contributed by atoms with E-state index in [1.165, 1.54) is 25.9 Å². The van der Waals surface area contributed by atoms with E-state index in [2.05, 4.69) is 31.1 Å². The fraction of sp³-hybridized carbons (Fsp3) is 1.00. The standard InChI is InChI=1S/C5H11N.C4H11N.C2H6/c1-6-4-2-3-5-6;1-3-5-4-2;1-2/h2-5H2,1H3;5H,3-4H2,1-2H3;1-2H3. The molecule has 2 nitrogen and oxygen atoms in total. The van der Waals surface area contributed by atoms with E-state index in [9.17, 15) is 0 Å². The lowest BCUT2D eigenvalue weighted by Crippen LogP contribution is -2.10. The van der Waals surface area contributed by atoms with Crippen molar-refractivity contribution in [3.05, 3.63) is 0 Å². The van der Waals surface area contributed by atoms with Gasteiger partial charge in [-0.05, 0) is 46.1 Å². The summed E-state index contributed by atoms with van der Waals surface area (Å²) < 4.78 is 0. The number of nitrogens with one attached hydrogen (secondary N) is 1. The Morgan fingerprint density at radius 3 is 1.46 bits per heavy atom. The molecule has 0 aromatic heterocycles. The van der Waals surface area contributed by atoms with E-state index < -0.39 is 0 Å². The van der Waals surface area contributed by atoms with E-state index in [0.29, 0.717) is 0 Å². The molecule has 1 N–H and O–H groups in total. The van der Waals surface area contributed by atoms with Gasteiger partial charge in [0.1, 0.15) is 0 Å². The van der Waals surface area contributed by atoms with Crippen LogP contribution in [-0.4, -0.2) is 38.1 Å². The van der Waals surface area contributed by atoms with Crippen LogP contribution < -0.4 is 5.32 Å². The van der Waals surface area contributed by atoms with E-state index in [0.717, 1.165) is 13.1 Å². The Bertz CT molecular complexity index is 66.5. The van der Waals surface area contributed by atoms with E-state index in [-0.39, 0.29) is 0 Å². The van der Waals surface area contributed by atoms with Gasteiger partial charge >= 0.3 is 0 Å². The first-order valence-corrected chi connectivity index (χ1v) is 5.70. The van der Waals surface area contributed by atoms with Gasteiger partial charge in [0.05, 0.1) is 0 Å². The lowest BCUT2D eigenvalue weighted by Gasteiger charge is -2.01. The molecule has 0 aromatic carbocycles. The Kier molecular flexibility index (Phi) is 17.1. The molecular formula is C11H28N2. The van der Waals surface area contributed by atoms with Crippen LogP contribution in [0.15, 0.2) is 0 Å². The molecule has 1 aliphatic heterocycles. The lowest BCUT2D eigenvalue weighted by atomic mass is 10.4. The molecule has 0 amide bonds. The molecule has 1 saturated heterocycles. The molecule has 82 valence electrons. The SMILES string of the molecule is CC.CCNCC.CN1CCCC1. The molecule has 13 heavy (non-hydrogen) atoms. The first-order chi connectivity index (χ1) is 6.31. The summed E-state index contributed by atoms with van der Waals surface area (Å²) in [5.41, 5.74) is 0. The van der Waals surface area contributed by atoms with Crippen molar-refractivity contribution in [1.29, 1.82) is 0 Å². The second kappa shape index (κ2) is 14.4. The summed E-state index contributed by atoms with van der Waals surface area (Å²) in [6.07, 6.45) is 2.83. The van der Waals surface area contributed by atoms with Gasteiger partial charge in [-0.2, -0.15) is 0 Å². The summed E-state index contributed by atoms with van der Waals surface area (Å²) >= 11 is 0. The minimum Gasteiger partial charge on any atom is -0.317 e. The summed E-state index contributed by atoms with van der Waals surface area (Å²) in [6, 6.07) is 0. The molecule has 0 unspecified atom stereocenters. The van der Waals surface area contributed by atoms with Crippen LogP contribution in [0.3, 0.4) is 0 Å². The molecule has 1 heterocycles. The minimum atomic E-state index is 1.09. The molecule has 0 aromatic rings. The quantitative estimate of drug-likeness (QED) is 0.715. The molecule has 0 spiro atoms. The average molecular weight is 188 g/mol. The summed E-state index contributed by atoms with van der Waals surface area (Å²) in [7, 11) is 2.17. The topological polar surface area (TPSA) is 15.3 Å². The number of rotatable bonds is 2. The number of likely N-dealkylation sites (tertiary alicyclic amines) is 1. The molecule has 0 bridgehead atoms. The van der Waals surface area contributed by atoms with Crippen molar-refractivity contribution in [1.82, 2.24) is 10.2 Å². The average Bonchev–Trinajstić information content (AvgIpc) is 2.62. The first kappa shape index (κ1) is 15.4. The van der Waals surface area contributed by atoms with Crippen LogP contribution >= 0.6 is 0 Å². The van der Waals surface area contributed by atoms with E-state index >= 15 is 0 Å². The third-order valence-electron chi connectivity index (χ3n) is 1.83. The number of hydrogen-bond donors (Lipinski definition) is 1. The Morgan fingerprint density at radius 2 is 1.38 bits per heavy atom. The zero-order valence-corrected chi connectivity index (χ0v) is 10.2. The van der Waals surface area contributed by atoms with Crippen LogP contribution in [0.25, 0.3) is 0 Å². The van der Waals surface area contributed by atoms with Crippen molar-refractivity contribution < 1.29 is 0 Å². The zero-order valence-electron chi connectivity index (χ0n) is 10.2. The third kappa shape index (κ3) is 14.7. The molecule has 2 heteroatoms. The first-order valence-electron chi connectivity index (χ1n) is 5.70. The maximum Gasteiger partial charge on any atom is -0.00213 e. The summed E-state index contributed by atoms with van der Waals surface area (Å²) in [5, 5.41) is 3.11. The van der Waals surface area contributed by atoms with Gasteiger partial charge in [0.15, 0.2) is 0 Å². The smallest absolute Gasteiger partial charge is 0.00213 e. The van der Waals surface area contributed by atoms with Crippen LogP contribution in [0.1, 0.15) is 40.5 Å². The fourth-order valence-corrected chi connectivity index (χ4v) is 1.13. The van der Waals surface area contributed by atoms with Gasteiger partial charge in [-0.15, -0.1) is 0 Å². The number of nitrogens with zero attached hydrogens (tertiary/aromatic N) is 1. The lowest BCUT2D eigenvalue weighted by molar-refractivity contribution is 0.418. The summed E-state index contributed by atoms with van der Waals surface area (Å²) in [4.78, 5) is 2.36. The zero-order chi connectivity index (χ0) is 10.5. The molecule has 0 saturated carbocycles. The van der Waals surface area contributed by atoms with Gasteiger partial charge in [0.2, 0.25) is 0 Å². The van der Waals surface area contributed by atoms with Crippen LogP contribution in [0, 0.1) is 0 Å². The molecule has 0 atom stereocenters. The van der Waals surface area contributed by atoms with Crippen molar-refractivity contribution in [3.63, 3.8) is 0 Å². The van der Waals surface area contributed by atoms with Crippen molar-refractivity contribution in [3.8, 4) is 0 Å². The van der Waals surface area contributed by atoms with Crippen LogP contribution in [0.2, 0.25) is 0 Å². The minimum absolute atomic E-state index is 1.09. The van der Waals surface area contributed by atoms with Gasteiger partial charge in [-0.25, -0.2) is 0 Å². The predicted molar refractivity (Wildman–Crippen MR) is 62.3 cm³/mol. The van der Waals surface area contributed by atoms with Crippen molar-refractivity contribution in [2.75, 3.05) is 33.2 Å². The Labute approximate surface area is 84.7 Å². The molecule has 1 fully saturated rings. The van der Waals surface area contributed by atoms with Gasteiger partial charge < -0.3 is 10.2 Å². The van der Waals surface area contributed by atoms with Gasteiger partial charge in [0, 0.05) is 0 Å². The summed E-state index contributed by atoms with van der Waals surface area (Å²) in [6.45, 7) is 13.0. The number of hydrogen-bond acceptors (Lipinski definition) is 2. The monoisotopic (exact) mass is 188 g/mol. The Balaban J connectivity index is 0. The summed E-state index contributed by atoms with van der Waals surface area (Å²) in [5.74, 6) is 0. The van der Waals surface area contributed by atoms with Gasteiger partial charge in [-0.1, -0.05) is 27.7 Å². The molecule has 0 aliphatic carbocycles. The molecular weight excluding hydrogens is 160 g/mol. The third-order valence-corrected chi connectivity index (χ3v) is 1.83. The van der Waals surface area contributed by atoms with Crippen LogP contribution in [0.5, 0.6) is 0 Å². The fourth-order valence-electron chi connectivity index (χ4n) is 1.13. The largest absolute Gasteiger partial charge is 0.317 e. The van der Waals surface area contributed by atoms with E-state index in [4.69, 9.17) is 0 Å². The van der Waals surface area contributed by atoms with Gasteiger partial charge in [0.25, 0.3) is 0 Å². The highest BCUT2D eigenvalue weighted by Gasteiger charge is 2.03. The van der Waals surface area contributed by atoms with E-state index in [1.807, 2.05) is 13.8 Å². The van der Waals surface area contributed by atoms with Crippen molar-refractivity contribution >= 4 is 0 Å². The van der Waals surface area contributed by atoms with Crippen LogP contribution in [-0.2, 0) is 0 Å². The second-order valence-corrected chi connectivity index (χ2v) is 2.97. The van der Waals surface area contributed by atoms with Crippen molar-refractivity contribution in [2.24, 2.45) is 0 Å². The Hall–Kier alpha value is -0.0800. The molecule has 1 aliphatic rings. The Morgan fingerprint density at radius 1 is 1.00 bits per heavy atom. The maximum atomic E-state index is 3.11. The second-order valence-electron chi connectivity index (χ2n) is 2.97. The van der Waals surface area contributed by atoms with Crippen LogP contribution in [0.4, 0.5) is 0 Å². The van der Waals surface area contributed by atoms with Crippen molar-refractivity contribution in [2.45, 2.75) is 40.5 Å². The predicted octanol–water partition coefficient (Wildman–Crippen LogP) is 2.35. The van der Waals surface area contributed by atoms with E-state index in [1.54, 1.807) is 0 Å². The highest BCUT2D eigenvalue weighted by atomic mass is 15.1. The molecule has 0 radical (unpaired) electrons. The highest BCUT2D eigenvalue weighted by Crippen LogP contribution is 2.01. The highest BCUT2D eigenvalue weighted by molar-refractivity contribution is 4.59. The van der Waals surface area contributed by atoms with Gasteiger partial charge in [-0.3, -0.25) is 0 Å². The molecule has 1 rings (SSSR count). The maximum absolute atomic E-state index is 3.11. The normalized spacial score (nSPS) is 15.5.